The van der Waals surface area contributed by atoms with E-state index in [1.807, 2.05) is 6.20 Å². The lowest BCUT2D eigenvalue weighted by molar-refractivity contribution is 0.262. The summed E-state index contributed by atoms with van der Waals surface area (Å²) in [5, 5.41) is 9.73. The average Bonchev–Trinajstić information content (AvgIpc) is 3.57. The van der Waals surface area contributed by atoms with Gasteiger partial charge >= 0.3 is 6.03 Å². The van der Waals surface area contributed by atoms with Crippen LogP contribution in [0.15, 0.2) is 91.4 Å². The van der Waals surface area contributed by atoms with Gasteiger partial charge in [0.1, 0.15) is 23.1 Å². The van der Waals surface area contributed by atoms with Crippen LogP contribution in [0, 0.1) is 11.6 Å². The Kier molecular flexibility index (Phi) is 6.96. The molecule has 0 bridgehead atoms. The molecule has 0 spiro atoms. The van der Waals surface area contributed by atoms with Crippen molar-refractivity contribution in [3.05, 3.63) is 103 Å². The number of hydrogen-bond donors (Lipinski definition) is 2. The summed E-state index contributed by atoms with van der Waals surface area (Å²) in [5.41, 5.74) is 2.33. The third-order valence-corrected chi connectivity index (χ3v) is 6.71. The predicted octanol–water partition coefficient (Wildman–Crippen LogP) is 7.60. The lowest BCUT2D eigenvalue weighted by Gasteiger charge is -2.10. The van der Waals surface area contributed by atoms with Crippen molar-refractivity contribution in [2.45, 2.75) is 0 Å². The van der Waals surface area contributed by atoms with Crippen LogP contribution in [0.25, 0.3) is 21.5 Å². The quantitative estimate of drug-likeness (QED) is 0.205. The molecule has 0 saturated heterocycles. The fourth-order valence-electron chi connectivity index (χ4n) is 3.89. The zero-order valence-electron chi connectivity index (χ0n) is 21.3. The Morgan fingerprint density at radius 1 is 0.902 bits per heavy atom. The monoisotopic (exact) mass is 570 g/mol. The minimum absolute atomic E-state index is 0.0101. The van der Waals surface area contributed by atoms with E-state index in [9.17, 15) is 13.6 Å². The zero-order chi connectivity index (χ0) is 28.3. The van der Waals surface area contributed by atoms with Gasteiger partial charge in [0.25, 0.3) is 0 Å². The Labute approximate surface area is 236 Å². The largest absolute Gasteiger partial charge is 0.457 e. The summed E-state index contributed by atoms with van der Waals surface area (Å²) in [6.45, 7) is 0. The van der Waals surface area contributed by atoms with Gasteiger partial charge in [-0.05, 0) is 54.6 Å². The molecule has 0 aliphatic heterocycles. The number of benzene rings is 3. The molecule has 6 rings (SSSR count). The molecule has 0 fully saturated rings. The zero-order valence-corrected chi connectivity index (χ0v) is 22.2. The van der Waals surface area contributed by atoms with Crippen LogP contribution in [0.5, 0.6) is 23.0 Å². The first-order valence-electron chi connectivity index (χ1n) is 12.2. The number of pyridine rings is 1. The highest BCUT2D eigenvalue weighted by Crippen LogP contribution is 2.32. The van der Waals surface area contributed by atoms with E-state index in [0.717, 1.165) is 16.3 Å². The van der Waals surface area contributed by atoms with Crippen molar-refractivity contribution in [2.24, 2.45) is 7.05 Å². The highest BCUT2D eigenvalue weighted by atomic mass is 32.1. The van der Waals surface area contributed by atoms with Crippen LogP contribution < -0.4 is 20.1 Å². The number of rotatable bonds is 7. The van der Waals surface area contributed by atoms with Crippen molar-refractivity contribution in [3.8, 4) is 34.3 Å². The molecule has 3 aromatic heterocycles. The third-order valence-electron chi connectivity index (χ3n) is 5.78. The van der Waals surface area contributed by atoms with E-state index in [4.69, 9.17) is 9.47 Å². The topological polar surface area (TPSA) is 103 Å². The number of carbonyl (C=O) groups is 1. The summed E-state index contributed by atoms with van der Waals surface area (Å²) in [5.74, 6) is 0.420. The van der Waals surface area contributed by atoms with Crippen LogP contribution in [0.3, 0.4) is 0 Å². The number of hydrogen-bond acceptors (Lipinski definition) is 7. The minimum Gasteiger partial charge on any atom is -0.457 e. The van der Waals surface area contributed by atoms with E-state index in [-0.39, 0.29) is 17.3 Å². The van der Waals surface area contributed by atoms with Gasteiger partial charge in [0.2, 0.25) is 0 Å². The van der Waals surface area contributed by atoms with Crippen LogP contribution in [0.4, 0.5) is 24.4 Å². The van der Waals surface area contributed by atoms with E-state index in [0.29, 0.717) is 33.6 Å². The summed E-state index contributed by atoms with van der Waals surface area (Å²) in [7, 11) is 1.80. The van der Waals surface area contributed by atoms with Gasteiger partial charge in [-0.15, -0.1) is 0 Å². The predicted molar refractivity (Wildman–Crippen MR) is 152 cm³/mol. The van der Waals surface area contributed by atoms with E-state index in [2.05, 4.69) is 25.7 Å². The van der Waals surface area contributed by atoms with Crippen LogP contribution in [0.2, 0.25) is 0 Å². The number of aryl methyl sites for hydroxylation is 1. The number of anilines is 2. The average molecular weight is 571 g/mol. The van der Waals surface area contributed by atoms with Crippen LogP contribution in [0.1, 0.15) is 0 Å². The Morgan fingerprint density at radius 3 is 2.49 bits per heavy atom. The van der Waals surface area contributed by atoms with Crippen molar-refractivity contribution >= 4 is 38.4 Å². The molecule has 0 aliphatic carbocycles. The SMILES string of the molecule is Cn1cc(-c2cc(Oc3ccc(NC(=O)Nc4nc5ccc(Oc6ccc(F)cc6)cc5s4)cc3F)ccn2)cn1. The smallest absolute Gasteiger partial charge is 0.325 e. The minimum atomic E-state index is -0.656. The lowest BCUT2D eigenvalue weighted by atomic mass is 10.2. The fraction of sp³-hybridized carbons (Fsp3) is 0.0345. The highest BCUT2D eigenvalue weighted by molar-refractivity contribution is 7.22. The molecule has 0 atom stereocenters. The van der Waals surface area contributed by atoms with Gasteiger partial charge in [-0.2, -0.15) is 5.10 Å². The van der Waals surface area contributed by atoms with E-state index in [1.54, 1.807) is 54.5 Å². The van der Waals surface area contributed by atoms with Gasteiger partial charge in [0.15, 0.2) is 16.7 Å². The van der Waals surface area contributed by atoms with Gasteiger partial charge in [0, 0.05) is 48.9 Å². The van der Waals surface area contributed by atoms with Gasteiger partial charge in [-0.3, -0.25) is 15.0 Å². The number of amides is 2. The molecular weight excluding hydrogens is 550 g/mol. The summed E-state index contributed by atoms with van der Waals surface area (Å²) in [6, 6.07) is 17.8. The van der Waals surface area contributed by atoms with Gasteiger partial charge in [0.05, 0.1) is 22.1 Å². The number of thiazole rings is 1. The second-order valence-electron chi connectivity index (χ2n) is 8.81. The second kappa shape index (κ2) is 11.0. The molecule has 41 heavy (non-hydrogen) atoms. The van der Waals surface area contributed by atoms with E-state index in [1.165, 1.54) is 47.7 Å². The number of urea groups is 1. The molecule has 0 saturated carbocycles. The Hall–Kier alpha value is -5.36. The fourth-order valence-corrected chi connectivity index (χ4v) is 4.78. The molecule has 3 aromatic carbocycles. The molecule has 2 N–H and O–H groups in total. The van der Waals surface area contributed by atoms with Crippen LogP contribution in [-0.2, 0) is 7.05 Å². The van der Waals surface area contributed by atoms with Crippen molar-refractivity contribution in [1.82, 2.24) is 19.7 Å². The van der Waals surface area contributed by atoms with Crippen LogP contribution in [-0.4, -0.2) is 25.8 Å². The molecule has 9 nitrogen and oxygen atoms in total. The maximum Gasteiger partial charge on any atom is 0.325 e. The molecule has 2 amide bonds. The molecule has 0 aliphatic rings. The first-order valence-corrected chi connectivity index (χ1v) is 13.0. The van der Waals surface area contributed by atoms with Gasteiger partial charge < -0.3 is 14.8 Å². The maximum atomic E-state index is 14.8. The molecular formula is C29H20F2N6O3S. The highest BCUT2D eigenvalue weighted by Gasteiger charge is 2.13. The summed E-state index contributed by atoms with van der Waals surface area (Å²) in [6.07, 6.45) is 5.06. The number of fused-ring (bicyclic) bond motifs is 1. The molecule has 204 valence electrons. The Bertz CT molecular complexity index is 1870. The second-order valence-corrected chi connectivity index (χ2v) is 9.84. The number of carbonyl (C=O) groups excluding carboxylic acids is 1. The summed E-state index contributed by atoms with van der Waals surface area (Å²) >= 11 is 1.24. The van der Waals surface area contributed by atoms with Crippen molar-refractivity contribution < 1.29 is 23.0 Å². The standard InChI is InChI=1S/C29H20F2N6O3S/c1-37-16-17(15-33-37)25-13-22(10-11-32-25)40-26-9-4-19(12-23(26)31)34-28(38)36-29-35-24-8-7-21(14-27(24)41-29)39-20-5-2-18(30)3-6-20/h2-16H,1H3,(H2,34,35,36,38). The number of ether oxygens (including phenoxy) is 2. The molecule has 0 unspecified atom stereocenters. The molecule has 6 aromatic rings. The van der Waals surface area contributed by atoms with Crippen molar-refractivity contribution in [3.63, 3.8) is 0 Å². The molecule has 12 heteroatoms. The van der Waals surface area contributed by atoms with Crippen LogP contribution >= 0.6 is 11.3 Å². The number of aromatic nitrogens is 4. The van der Waals surface area contributed by atoms with Crippen molar-refractivity contribution in [1.29, 1.82) is 0 Å². The first-order chi connectivity index (χ1) is 19.9. The number of halogens is 2. The van der Waals surface area contributed by atoms with Crippen molar-refractivity contribution in [2.75, 3.05) is 10.6 Å². The molecule has 3 heterocycles. The normalized spacial score (nSPS) is 10.9. The first kappa shape index (κ1) is 25.9. The third kappa shape index (κ3) is 6.12. The number of nitrogens with zero attached hydrogens (tertiary/aromatic N) is 4. The van der Waals surface area contributed by atoms with E-state index >= 15 is 0 Å². The Morgan fingerprint density at radius 2 is 1.71 bits per heavy atom. The Balaban J connectivity index is 1.09. The summed E-state index contributed by atoms with van der Waals surface area (Å²) < 4.78 is 41.9. The lowest BCUT2D eigenvalue weighted by Crippen LogP contribution is -2.19. The maximum absolute atomic E-state index is 14.8. The van der Waals surface area contributed by atoms with Gasteiger partial charge in [-0.25, -0.2) is 18.6 Å². The summed E-state index contributed by atoms with van der Waals surface area (Å²) in [4.78, 5) is 21.3. The van der Waals surface area contributed by atoms with E-state index < -0.39 is 11.8 Å². The molecule has 0 radical (unpaired) electrons. The number of nitrogens with one attached hydrogen (secondary N) is 2. The van der Waals surface area contributed by atoms with Gasteiger partial charge in [-0.1, -0.05) is 11.3 Å².